The largest absolute Gasteiger partial charge is 0.377 e. The maximum absolute atomic E-state index is 6.11. The van der Waals surface area contributed by atoms with E-state index in [1.807, 2.05) is 18.6 Å². The molecule has 0 aliphatic carbocycles. The molecule has 0 N–H and O–H groups in total. The molecule has 0 aromatic carbocycles. The molecule has 2 fully saturated rings. The van der Waals surface area contributed by atoms with Crippen molar-refractivity contribution in [2.75, 3.05) is 19.7 Å². The predicted octanol–water partition coefficient (Wildman–Crippen LogP) is 1.82. The molecule has 0 bridgehead atoms. The smallest absolute Gasteiger partial charge is 0.122 e. The number of rotatable bonds is 4. The number of ether oxygens (including phenoxy) is 1. The molecule has 24 heavy (non-hydrogen) atoms. The van der Waals surface area contributed by atoms with Crippen LogP contribution in [-0.2, 0) is 24.8 Å². The topological polar surface area (TPSA) is 56.1 Å². The Morgan fingerprint density at radius 2 is 2.08 bits per heavy atom. The van der Waals surface area contributed by atoms with Crippen molar-refractivity contribution in [1.82, 2.24) is 24.4 Å². The molecule has 1 spiro atoms. The van der Waals surface area contributed by atoms with Crippen LogP contribution in [0.1, 0.15) is 30.8 Å². The maximum Gasteiger partial charge on any atom is 0.122 e. The van der Waals surface area contributed by atoms with Crippen LogP contribution in [0, 0.1) is 5.41 Å². The van der Waals surface area contributed by atoms with Crippen molar-refractivity contribution >= 4 is 0 Å². The Bertz CT molecular complexity index is 663. The lowest BCUT2D eigenvalue weighted by Gasteiger charge is -2.38. The lowest BCUT2D eigenvalue weighted by molar-refractivity contribution is 0.0620. The van der Waals surface area contributed by atoms with Gasteiger partial charge in [0, 0.05) is 44.5 Å². The molecule has 0 amide bonds. The number of aromatic nitrogens is 4. The van der Waals surface area contributed by atoms with Crippen molar-refractivity contribution in [1.29, 1.82) is 0 Å². The fourth-order valence-corrected chi connectivity index (χ4v) is 3.98. The summed E-state index contributed by atoms with van der Waals surface area (Å²) in [5.74, 6) is 1.15. The van der Waals surface area contributed by atoms with Crippen molar-refractivity contribution in [3.8, 4) is 0 Å². The van der Waals surface area contributed by atoms with E-state index in [9.17, 15) is 0 Å². The van der Waals surface area contributed by atoms with Crippen LogP contribution >= 0.6 is 0 Å². The van der Waals surface area contributed by atoms with Crippen LogP contribution in [0.5, 0.6) is 0 Å². The highest BCUT2D eigenvalue weighted by Gasteiger charge is 2.42. The summed E-state index contributed by atoms with van der Waals surface area (Å²) in [5.41, 5.74) is 1.40. The zero-order valence-corrected chi connectivity index (χ0v) is 14.3. The molecule has 2 saturated heterocycles. The minimum Gasteiger partial charge on any atom is -0.377 e. The first-order valence-electron chi connectivity index (χ1n) is 8.78. The van der Waals surface area contributed by atoms with E-state index in [1.54, 1.807) is 12.4 Å². The molecule has 4 heterocycles. The summed E-state index contributed by atoms with van der Waals surface area (Å²) in [6.07, 6.45) is 14.0. The first kappa shape index (κ1) is 15.7. The second kappa shape index (κ2) is 6.61. The molecule has 0 unspecified atom stereocenters. The molecule has 2 aromatic heterocycles. The van der Waals surface area contributed by atoms with E-state index in [4.69, 9.17) is 4.74 Å². The highest BCUT2D eigenvalue weighted by molar-refractivity contribution is 5.01. The first-order chi connectivity index (χ1) is 11.7. The molecular formula is C18H25N5O. The lowest BCUT2D eigenvalue weighted by atomic mass is 9.76. The molecule has 6 nitrogen and oxygen atoms in total. The quantitative estimate of drug-likeness (QED) is 0.857. The second-order valence-electron chi connectivity index (χ2n) is 7.27. The number of likely N-dealkylation sites (tertiary alicyclic amines) is 1. The van der Waals surface area contributed by atoms with Gasteiger partial charge < -0.3 is 9.30 Å². The Labute approximate surface area is 142 Å². The van der Waals surface area contributed by atoms with Crippen molar-refractivity contribution in [3.05, 3.63) is 42.5 Å². The van der Waals surface area contributed by atoms with Gasteiger partial charge >= 0.3 is 0 Å². The van der Waals surface area contributed by atoms with Crippen LogP contribution in [0.3, 0.4) is 0 Å². The predicted molar refractivity (Wildman–Crippen MR) is 90.2 cm³/mol. The van der Waals surface area contributed by atoms with Gasteiger partial charge in [-0.3, -0.25) is 14.9 Å². The average molecular weight is 327 g/mol. The van der Waals surface area contributed by atoms with Crippen molar-refractivity contribution < 1.29 is 4.74 Å². The van der Waals surface area contributed by atoms with Gasteiger partial charge in [0.15, 0.2) is 0 Å². The second-order valence-corrected chi connectivity index (χ2v) is 7.27. The van der Waals surface area contributed by atoms with E-state index in [0.717, 1.165) is 50.6 Å². The van der Waals surface area contributed by atoms with Gasteiger partial charge in [0.05, 0.1) is 24.9 Å². The van der Waals surface area contributed by atoms with E-state index in [2.05, 4.69) is 31.5 Å². The third-order valence-electron chi connectivity index (χ3n) is 5.54. The number of hydrogen-bond acceptors (Lipinski definition) is 5. The molecule has 4 rings (SSSR count). The van der Waals surface area contributed by atoms with Gasteiger partial charge in [-0.2, -0.15) is 0 Å². The number of aryl methyl sites for hydroxylation is 1. The SMILES string of the molecule is Cn1ccnc1CN1CCC2(CC1)CO[C@@H](Cc1cnccn1)C2. The van der Waals surface area contributed by atoms with E-state index in [0.29, 0.717) is 11.5 Å². The first-order valence-corrected chi connectivity index (χ1v) is 8.78. The summed E-state index contributed by atoms with van der Waals surface area (Å²) >= 11 is 0. The normalized spacial score (nSPS) is 23.8. The third-order valence-corrected chi connectivity index (χ3v) is 5.54. The molecule has 6 heteroatoms. The molecule has 2 aliphatic rings. The lowest BCUT2D eigenvalue weighted by Crippen LogP contribution is -2.40. The average Bonchev–Trinajstić information content (AvgIpc) is 3.18. The van der Waals surface area contributed by atoms with Crippen molar-refractivity contribution in [2.24, 2.45) is 12.5 Å². The zero-order chi connectivity index (χ0) is 16.4. The van der Waals surface area contributed by atoms with E-state index >= 15 is 0 Å². The number of nitrogens with zero attached hydrogens (tertiary/aromatic N) is 5. The van der Waals surface area contributed by atoms with Crippen LogP contribution in [0.4, 0.5) is 0 Å². The molecule has 2 aromatic rings. The van der Waals surface area contributed by atoms with Gasteiger partial charge in [0.1, 0.15) is 5.82 Å². The zero-order valence-electron chi connectivity index (χ0n) is 14.3. The van der Waals surface area contributed by atoms with Crippen molar-refractivity contribution in [3.63, 3.8) is 0 Å². The van der Waals surface area contributed by atoms with Crippen LogP contribution in [0.25, 0.3) is 0 Å². The maximum atomic E-state index is 6.11. The Morgan fingerprint density at radius 3 is 2.79 bits per heavy atom. The monoisotopic (exact) mass is 327 g/mol. The molecule has 2 aliphatic heterocycles. The van der Waals surface area contributed by atoms with Crippen LogP contribution < -0.4 is 0 Å². The van der Waals surface area contributed by atoms with Crippen LogP contribution in [-0.4, -0.2) is 50.2 Å². The minimum atomic E-state index is 0.294. The summed E-state index contributed by atoms with van der Waals surface area (Å²) in [4.78, 5) is 15.5. The van der Waals surface area contributed by atoms with E-state index in [1.165, 1.54) is 12.8 Å². The molecule has 128 valence electrons. The van der Waals surface area contributed by atoms with Gasteiger partial charge in [0.2, 0.25) is 0 Å². The summed E-state index contributed by atoms with van der Waals surface area (Å²) in [7, 11) is 2.07. The number of hydrogen-bond donors (Lipinski definition) is 0. The van der Waals surface area contributed by atoms with Crippen molar-refractivity contribution in [2.45, 2.75) is 38.3 Å². The number of piperidine rings is 1. The molecule has 0 radical (unpaired) electrons. The fraction of sp³-hybridized carbons (Fsp3) is 0.611. The van der Waals surface area contributed by atoms with Gasteiger partial charge in [-0.15, -0.1) is 0 Å². The highest BCUT2D eigenvalue weighted by atomic mass is 16.5. The third kappa shape index (κ3) is 3.35. The Morgan fingerprint density at radius 1 is 1.21 bits per heavy atom. The summed E-state index contributed by atoms with van der Waals surface area (Å²) in [6.45, 7) is 4.11. The summed E-state index contributed by atoms with van der Waals surface area (Å²) in [5, 5.41) is 0. The fourth-order valence-electron chi connectivity index (χ4n) is 3.98. The van der Waals surface area contributed by atoms with E-state index in [-0.39, 0.29) is 0 Å². The Kier molecular flexibility index (Phi) is 4.33. The van der Waals surface area contributed by atoms with Gasteiger partial charge in [-0.05, 0) is 37.8 Å². The highest BCUT2D eigenvalue weighted by Crippen LogP contribution is 2.42. The van der Waals surface area contributed by atoms with Crippen LogP contribution in [0.2, 0.25) is 0 Å². The van der Waals surface area contributed by atoms with Gasteiger partial charge in [0.25, 0.3) is 0 Å². The van der Waals surface area contributed by atoms with Crippen LogP contribution in [0.15, 0.2) is 31.0 Å². The molecule has 1 atom stereocenters. The van der Waals surface area contributed by atoms with E-state index < -0.39 is 0 Å². The minimum absolute atomic E-state index is 0.294. The summed E-state index contributed by atoms with van der Waals surface area (Å²) in [6, 6.07) is 0. The summed E-state index contributed by atoms with van der Waals surface area (Å²) < 4.78 is 8.22. The van der Waals surface area contributed by atoms with Gasteiger partial charge in [-0.1, -0.05) is 0 Å². The molecule has 0 saturated carbocycles. The molecular weight excluding hydrogens is 302 g/mol. The number of imidazole rings is 1. The Hall–Kier alpha value is -1.79. The standard InChI is InChI=1S/C18H25N5O/c1-22-9-6-21-17(22)13-23-7-2-18(3-8-23)11-16(24-14-18)10-15-12-19-4-5-20-15/h4-6,9,12,16H,2-3,7-8,10-11,13-14H2,1H3/t16-/m0/s1. The Balaban J connectivity index is 1.30. The van der Waals surface area contributed by atoms with Gasteiger partial charge in [-0.25, -0.2) is 4.98 Å².